The number of nitrogens with zero attached hydrogens (tertiary/aromatic N) is 1. The number of hydrogen-bond acceptors (Lipinski definition) is 1. The predicted octanol–water partition coefficient (Wildman–Crippen LogP) is 1.64. The van der Waals surface area contributed by atoms with Crippen molar-refractivity contribution in [3.05, 3.63) is 0 Å². The summed E-state index contributed by atoms with van der Waals surface area (Å²) in [4.78, 5) is 12.6. The minimum absolute atomic E-state index is 0.0995. The van der Waals surface area contributed by atoms with E-state index >= 15 is 0 Å². The summed E-state index contributed by atoms with van der Waals surface area (Å²) in [5, 5.41) is 0.189. The molecule has 1 aliphatic heterocycles. The van der Waals surface area contributed by atoms with Crippen molar-refractivity contribution in [2.24, 2.45) is 5.92 Å². The van der Waals surface area contributed by atoms with Crippen LogP contribution in [-0.2, 0) is 4.79 Å². The second kappa shape index (κ2) is 2.90. The summed E-state index contributed by atoms with van der Waals surface area (Å²) in [6, 6.07) is 0.0995. The zero-order valence-corrected chi connectivity index (χ0v) is 8.56. The summed E-state index contributed by atoms with van der Waals surface area (Å²) in [6.45, 7) is 0.210. The number of alkyl halides is 3. The van der Waals surface area contributed by atoms with E-state index in [1.54, 1.807) is 0 Å². The van der Waals surface area contributed by atoms with Crippen molar-refractivity contribution >= 4 is 21.8 Å². The molecule has 2 fully saturated rings. The first-order chi connectivity index (χ1) is 6.07. The van der Waals surface area contributed by atoms with Gasteiger partial charge in [-0.1, -0.05) is 15.9 Å². The fourth-order valence-corrected chi connectivity index (χ4v) is 2.26. The molecule has 0 radical (unpaired) electrons. The number of amides is 1. The number of likely N-dealkylation sites (tertiary alicyclic amines) is 1. The summed E-state index contributed by atoms with van der Waals surface area (Å²) in [7, 11) is 0. The zero-order chi connectivity index (χ0) is 9.64. The lowest BCUT2D eigenvalue weighted by Gasteiger charge is -2.13. The minimum Gasteiger partial charge on any atom is -0.334 e. The van der Waals surface area contributed by atoms with Crippen LogP contribution in [0.2, 0.25) is 0 Å². The quantitative estimate of drug-likeness (QED) is 0.686. The highest BCUT2D eigenvalue weighted by molar-refractivity contribution is 9.09. The Labute approximate surface area is 83.4 Å². The lowest BCUT2D eigenvalue weighted by molar-refractivity contribution is -0.150. The first-order valence-electron chi connectivity index (χ1n) is 4.32. The Hall–Kier alpha value is -0.190. The second-order valence-corrected chi connectivity index (χ2v) is 4.31. The van der Waals surface area contributed by atoms with Gasteiger partial charge in [0.05, 0.1) is 5.92 Å². The Morgan fingerprint density at radius 2 is 2.15 bits per heavy atom. The monoisotopic (exact) mass is 253 g/mol. The Kier molecular flexibility index (Phi) is 2.09. The zero-order valence-electron chi connectivity index (χ0n) is 6.97. The Morgan fingerprint density at radius 3 is 2.54 bits per heavy atom. The fourth-order valence-electron chi connectivity index (χ4n) is 1.65. The van der Waals surface area contributed by atoms with Gasteiger partial charge in [0.15, 0.2) is 0 Å². The van der Waals surface area contributed by atoms with Gasteiger partial charge < -0.3 is 4.90 Å². The van der Waals surface area contributed by atoms with Crippen LogP contribution in [0.1, 0.15) is 12.8 Å². The average molecular weight is 254 g/mol. The van der Waals surface area contributed by atoms with Crippen LogP contribution < -0.4 is 0 Å². The summed E-state index contributed by atoms with van der Waals surface area (Å²) in [6.07, 6.45) is 1.77. The van der Waals surface area contributed by atoms with Crippen molar-refractivity contribution in [2.75, 3.05) is 11.9 Å². The predicted molar refractivity (Wildman–Crippen MR) is 47.0 cm³/mol. The molecule has 1 atom stereocenters. The van der Waals surface area contributed by atoms with E-state index in [4.69, 9.17) is 0 Å². The third kappa shape index (κ3) is 1.37. The van der Waals surface area contributed by atoms with Crippen LogP contribution in [0.3, 0.4) is 0 Å². The molecule has 0 N–H and O–H groups in total. The van der Waals surface area contributed by atoms with Gasteiger partial charge in [-0.05, 0) is 12.8 Å². The number of carbonyl (C=O) groups excluding carboxylic acids is 1. The van der Waals surface area contributed by atoms with Crippen molar-refractivity contribution in [2.45, 2.75) is 24.8 Å². The maximum Gasteiger partial charge on any atom is 0.330 e. The highest BCUT2D eigenvalue weighted by atomic mass is 79.9. The normalized spacial score (nSPS) is 32.7. The van der Waals surface area contributed by atoms with Crippen LogP contribution in [0.5, 0.6) is 0 Å². The summed E-state index contributed by atoms with van der Waals surface area (Å²) in [5.41, 5.74) is 0. The van der Waals surface area contributed by atoms with Crippen molar-refractivity contribution in [3.8, 4) is 0 Å². The van der Waals surface area contributed by atoms with Crippen LogP contribution >= 0.6 is 15.9 Å². The molecule has 1 aliphatic carbocycles. The highest BCUT2D eigenvalue weighted by Gasteiger charge is 2.58. The van der Waals surface area contributed by atoms with E-state index < -0.39 is 17.7 Å². The number of hydrogen-bond donors (Lipinski definition) is 0. The molecule has 0 spiro atoms. The molecule has 74 valence electrons. The van der Waals surface area contributed by atoms with Gasteiger partial charge in [-0.2, -0.15) is 8.78 Å². The van der Waals surface area contributed by atoms with Crippen molar-refractivity contribution in [1.29, 1.82) is 0 Å². The molecule has 2 nitrogen and oxygen atoms in total. The van der Waals surface area contributed by atoms with E-state index in [0.717, 1.165) is 12.8 Å². The molecule has 1 amide bonds. The van der Waals surface area contributed by atoms with Gasteiger partial charge in [-0.25, -0.2) is 0 Å². The van der Waals surface area contributed by atoms with Gasteiger partial charge >= 0.3 is 5.92 Å². The standard InChI is InChI=1S/C8H10BrF2NO/c9-3-5-4-12(6-1-2-6)7(13)8(5,10)11/h5-6H,1-4H2/t5-/m0/s1. The molecule has 0 bridgehead atoms. The van der Waals surface area contributed by atoms with Crippen molar-refractivity contribution < 1.29 is 13.6 Å². The van der Waals surface area contributed by atoms with E-state index in [1.165, 1.54) is 4.90 Å². The van der Waals surface area contributed by atoms with Gasteiger partial charge in [0.25, 0.3) is 5.91 Å². The van der Waals surface area contributed by atoms with Gasteiger partial charge in [0.1, 0.15) is 0 Å². The molecule has 0 aromatic rings. The molecule has 5 heteroatoms. The van der Waals surface area contributed by atoms with E-state index in [1.807, 2.05) is 0 Å². The summed E-state index contributed by atoms with van der Waals surface area (Å²) >= 11 is 3.02. The fraction of sp³-hybridized carbons (Fsp3) is 0.875. The molecular weight excluding hydrogens is 244 g/mol. The molecule has 1 heterocycles. The molecule has 2 rings (SSSR count). The maximum atomic E-state index is 13.2. The molecule has 0 aromatic heterocycles. The van der Waals surface area contributed by atoms with Gasteiger partial charge in [0.2, 0.25) is 0 Å². The molecule has 2 aliphatic rings. The number of halogens is 3. The number of rotatable bonds is 2. The molecule has 1 saturated carbocycles. The van der Waals surface area contributed by atoms with Crippen molar-refractivity contribution in [3.63, 3.8) is 0 Å². The third-order valence-corrected chi connectivity index (χ3v) is 3.43. The Bertz CT molecular complexity index is 242. The Morgan fingerprint density at radius 1 is 1.54 bits per heavy atom. The first-order valence-corrected chi connectivity index (χ1v) is 5.44. The summed E-state index contributed by atoms with van der Waals surface area (Å²) < 4.78 is 26.4. The molecule has 13 heavy (non-hydrogen) atoms. The van der Waals surface area contributed by atoms with E-state index in [9.17, 15) is 13.6 Å². The lowest BCUT2D eigenvalue weighted by atomic mass is 10.1. The first kappa shape index (κ1) is 9.37. The van der Waals surface area contributed by atoms with Gasteiger partial charge in [-0.3, -0.25) is 4.79 Å². The molecular formula is C8H10BrF2NO. The maximum absolute atomic E-state index is 13.2. The summed E-state index contributed by atoms with van der Waals surface area (Å²) in [5.74, 6) is -4.97. The van der Waals surface area contributed by atoms with Crippen molar-refractivity contribution in [1.82, 2.24) is 4.90 Å². The van der Waals surface area contributed by atoms with Gasteiger partial charge in [0, 0.05) is 17.9 Å². The topological polar surface area (TPSA) is 20.3 Å². The van der Waals surface area contributed by atoms with E-state index in [-0.39, 0.29) is 17.9 Å². The highest BCUT2D eigenvalue weighted by Crippen LogP contribution is 2.41. The smallest absolute Gasteiger partial charge is 0.330 e. The minimum atomic E-state index is -3.15. The largest absolute Gasteiger partial charge is 0.334 e. The molecule has 0 aromatic carbocycles. The van der Waals surface area contributed by atoms with E-state index in [0.29, 0.717) is 0 Å². The van der Waals surface area contributed by atoms with Crippen LogP contribution in [0.15, 0.2) is 0 Å². The molecule has 1 saturated heterocycles. The third-order valence-electron chi connectivity index (χ3n) is 2.65. The van der Waals surface area contributed by atoms with Crippen LogP contribution in [0.25, 0.3) is 0 Å². The van der Waals surface area contributed by atoms with Crippen LogP contribution in [-0.4, -0.2) is 34.6 Å². The van der Waals surface area contributed by atoms with E-state index in [2.05, 4.69) is 15.9 Å². The second-order valence-electron chi connectivity index (χ2n) is 3.66. The SMILES string of the molecule is O=C1N(C2CC2)C[C@H](CBr)C1(F)F. The van der Waals surface area contributed by atoms with Crippen LogP contribution in [0.4, 0.5) is 8.78 Å². The van der Waals surface area contributed by atoms with Crippen LogP contribution in [0, 0.1) is 5.92 Å². The average Bonchev–Trinajstić information content (AvgIpc) is 2.85. The molecule has 0 unspecified atom stereocenters. The lowest BCUT2D eigenvalue weighted by Crippen LogP contribution is -2.36. The Balaban J connectivity index is 2.16. The van der Waals surface area contributed by atoms with Gasteiger partial charge in [-0.15, -0.1) is 0 Å². The number of carbonyl (C=O) groups is 1.